The molecule has 0 fully saturated rings. The molecule has 0 saturated carbocycles. The molecule has 0 spiro atoms. The zero-order chi connectivity index (χ0) is 12.4. The summed E-state index contributed by atoms with van der Waals surface area (Å²) in [5.74, 6) is 0. The van der Waals surface area contributed by atoms with Gasteiger partial charge < -0.3 is 5.73 Å². The molecule has 0 amide bonds. The Bertz CT molecular complexity index is 508. The van der Waals surface area contributed by atoms with E-state index in [0.29, 0.717) is 15.1 Å². The van der Waals surface area contributed by atoms with Crippen molar-refractivity contribution in [3.63, 3.8) is 0 Å². The molecule has 90 valence electrons. The summed E-state index contributed by atoms with van der Waals surface area (Å²) in [4.78, 5) is 4.33. The van der Waals surface area contributed by atoms with Crippen molar-refractivity contribution < 1.29 is 0 Å². The molecule has 2 N–H and O–H groups in total. The lowest BCUT2D eigenvalue weighted by molar-refractivity contribution is 0.709. The number of rotatable bonds is 3. The second-order valence-electron chi connectivity index (χ2n) is 3.92. The monoisotopic (exact) mass is 286 g/mol. The highest BCUT2D eigenvalue weighted by Gasteiger charge is 2.14. The number of hydrogen-bond donors (Lipinski definition) is 1. The average molecular weight is 287 g/mol. The summed E-state index contributed by atoms with van der Waals surface area (Å²) in [7, 11) is 0. The van der Waals surface area contributed by atoms with Crippen molar-refractivity contribution in [2.75, 3.05) is 0 Å². The minimum absolute atomic E-state index is 0.165. The largest absolute Gasteiger partial charge is 0.324 e. The Morgan fingerprint density at radius 2 is 2.18 bits per heavy atom. The summed E-state index contributed by atoms with van der Waals surface area (Å²) in [5, 5.41) is 0. The molecule has 5 heteroatoms. The highest BCUT2D eigenvalue weighted by atomic mass is 35.5. The van der Waals surface area contributed by atoms with Crippen LogP contribution in [0.5, 0.6) is 0 Å². The molecule has 17 heavy (non-hydrogen) atoms. The molecule has 0 aromatic carbocycles. The third kappa shape index (κ3) is 3.19. The Labute approximate surface area is 114 Å². The van der Waals surface area contributed by atoms with E-state index in [1.54, 1.807) is 0 Å². The standard InChI is InChI=1S/C12H12Cl2N2S/c1-7-2-3-8(16-6-7)4-10(15)9-5-11(13)17-12(9)14/h2-3,5-6,10H,4,15H2,1H3. The van der Waals surface area contributed by atoms with Gasteiger partial charge in [-0.3, -0.25) is 4.98 Å². The van der Waals surface area contributed by atoms with Gasteiger partial charge in [-0.25, -0.2) is 0 Å². The van der Waals surface area contributed by atoms with E-state index in [1.165, 1.54) is 11.3 Å². The molecule has 1 atom stereocenters. The fourth-order valence-electron chi connectivity index (χ4n) is 1.56. The van der Waals surface area contributed by atoms with E-state index in [2.05, 4.69) is 4.98 Å². The quantitative estimate of drug-likeness (QED) is 0.926. The van der Waals surface area contributed by atoms with Crippen LogP contribution in [0.25, 0.3) is 0 Å². The molecule has 0 aliphatic rings. The normalized spacial score (nSPS) is 12.7. The van der Waals surface area contributed by atoms with E-state index >= 15 is 0 Å². The topological polar surface area (TPSA) is 38.9 Å². The molecule has 0 radical (unpaired) electrons. The summed E-state index contributed by atoms with van der Waals surface area (Å²) < 4.78 is 1.33. The summed E-state index contributed by atoms with van der Waals surface area (Å²) >= 11 is 13.3. The number of aryl methyl sites for hydroxylation is 1. The zero-order valence-electron chi connectivity index (χ0n) is 9.28. The Hall–Kier alpha value is -0.610. The Balaban J connectivity index is 2.14. The summed E-state index contributed by atoms with van der Waals surface area (Å²) in [6, 6.07) is 5.67. The van der Waals surface area contributed by atoms with Crippen molar-refractivity contribution in [3.8, 4) is 0 Å². The minimum atomic E-state index is -0.165. The minimum Gasteiger partial charge on any atom is -0.324 e. The maximum Gasteiger partial charge on any atom is 0.0992 e. The second kappa shape index (κ2) is 5.36. The lowest BCUT2D eigenvalue weighted by Gasteiger charge is -2.10. The van der Waals surface area contributed by atoms with E-state index in [-0.39, 0.29) is 6.04 Å². The third-order valence-electron chi connectivity index (χ3n) is 2.48. The molecule has 0 bridgehead atoms. The Morgan fingerprint density at radius 3 is 2.71 bits per heavy atom. The highest BCUT2D eigenvalue weighted by Crippen LogP contribution is 2.35. The molecule has 2 rings (SSSR count). The number of pyridine rings is 1. The van der Waals surface area contributed by atoms with Crippen molar-refractivity contribution in [2.24, 2.45) is 5.73 Å². The molecular formula is C12H12Cl2N2S. The van der Waals surface area contributed by atoms with Crippen LogP contribution in [0.3, 0.4) is 0 Å². The maximum absolute atomic E-state index is 6.10. The van der Waals surface area contributed by atoms with Crippen molar-refractivity contribution >= 4 is 34.5 Å². The summed E-state index contributed by atoms with van der Waals surface area (Å²) in [5.41, 5.74) is 9.09. The fraction of sp³-hybridized carbons (Fsp3) is 0.250. The van der Waals surface area contributed by atoms with E-state index in [9.17, 15) is 0 Å². The van der Waals surface area contributed by atoms with Gasteiger partial charge in [-0.05, 0) is 24.6 Å². The smallest absolute Gasteiger partial charge is 0.0992 e. The Morgan fingerprint density at radius 1 is 1.41 bits per heavy atom. The number of hydrogen-bond acceptors (Lipinski definition) is 3. The molecule has 0 aliphatic carbocycles. The van der Waals surface area contributed by atoms with Crippen molar-refractivity contribution in [2.45, 2.75) is 19.4 Å². The Kier molecular flexibility index (Phi) is 4.05. The van der Waals surface area contributed by atoms with Gasteiger partial charge in [0, 0.05) is 29.9 Å². The first-order chi connectivity index (χ1) is 8.06. The predicted molar refractivity (Wildman–Crippen MR) is 73.9 cm³/mol. The first kappa shape index (κ1) is 12.8. The maximum atomic E-state index is 6.10. The van der Waals surface area contributed by atoms with Crippen LogP contribution in [0, 0.1) is 6.92 Å². The van der Waals surface area contributed by atoms with Crippen molar-refractivity contribution in [1.82, 2.24) is 4.98 Å². The SMILES string of the molecule is Cc1ccc(CC(N)c2cc(Cl)sc2Cl)nc1. The van der Waals surface area contributed by atoms with Gasteiger partial charge in [-0.1, -0.05) is 29.3 Å². The van der Waals surface area contributed by atoms with Gasteiger partial charge in [0.15, 0.2) is 0 Å². The van der Waals surface area contributed by atoms with Gasteiger partial charge in [0.05, 0.1) is 8.67 Å². The van der Waals surface area contributed by atoms with Crippen LogP contribution < -0.4 is 5.73 Å². The third-order valence-corrected chi connectivity index (χ3v) is 4.00. The van der Waals surface area contributed by atoms with Crippen LogP contribution in [0.2, 0.25) is 8.67 Å². The molecule has 0 saturated heterocycles. The predicted octanol–water partition coefficient (Wildman–Crippen LogP) is 4.00. The lowest BCUT2D eigenvalue weighted by atomic mass is 10.1. The summed E-state index contributed by atoms with van der Waals surface area (Å²) in [6.45, 7) is 2.01. The molecule has 2 aromatic heterocycles. The van der Waals surface area contributed by atoms with Crippen LogP contribution in [-0.2, 0) is 6.42 Å². The first-order valence-corrected chi connectivity index (χ1v) is 6.75. The van der Waals surface area contributed by atoms with Crippen molar-refractivity contribution in [1.29, 1.82) is 0 Å². The van der Waals surface area contributed by atoms with Gasteiger partial charge in [0.2, 0.25) is 0 Å². The molecule has 0 aliphatic heterocycles. The second-order valence-corrected chi connectivity index (χ2v) is 6.20. The first-order valence-electron chi connectivity index (χ1n) is 5.18. The van der Waals surface area contributed by atoms with Gasteiger partial charge in [0.1, 0.15) is 0 Å². The number of halogens is 2. The lowest BCUT2D eigenvalue weighted by Crippen LogP contribution is -2.13. The molecule has 1 unspecified atom stereocenters. The van der Waals surface area contributed by atoms with E-state index in [1.807, 2.05) is 31.3 Å². The molecular weight excluding hydrogens is 275 g/mol. The van der Waals surface area contributed by atoms with Crippen LogP contribution in [0.1, 0.15) is 22.9 Å². The molecule has 2 heterocycles. The van der Waals surface area contributed by atoms with Crippen LogP contribution >= 0.6 is 34.5 Å². The van der Waals surface area contributed by atoms with Crippen LogP contribution in [0.4, 0.5) is 0 Å². The van der Waals surface area contributed by atoms with Gasteiger partial charge in [0.25, 0.3) is 0 Å². The van der Waals surface area contributed by atoms with Crippen molar-refractivity contribution in [3.05, 3.63) is 49.9 Å². The average Bonchev–Trinajstić information content (AvgIpc) is 2.61. The number of nitrogens with zero attached hydrogens (tertiary/aromatic N) is 1. The summed E-state index contributed by atoms with van der Waals surface area (Å²) in [6.07, 6.45) is 2.50. The fourth-order valence-corrected chi connectivity index (χ4v) is 3.16. The number of nitrogens with two attached hydrogens (primary N) is 1. The number of thiophene rings is 1. The molecule has 2 nitrogen and oxygen atoms in total. The van der Waals surface area contributed by atoms with Crippen LogP contribution in [-0.4, -0.2) is 4.98 Å². The van der Waals surface area contributed by atoms with Gasteiger partial charge >= 0.3 is 0 Å². The van der Waals surface area contributed by atoms with Crippen LogP contribution in [0.15, 0.2) is 24.4 Å². The van der Waals surface area contributed by atoms with E-state index in [4.69, 9.17) is 28.9 Å². The van der Waals surface area contributed by atoms with E-state index in [0.717, 1.165) is 16.8 Å². The van der Waals surface area contributed by atoms with Gasteiger partial charge in [-0.2, -0.15) is 0 Å². The van der Waals surface area contributed by atoms with E-state index < -0.39 is 0 Å². The molecule has 2 aromatic rings. The number of aromatic nitrogens is 1. The van der Waals surface area contributed by atoms with Gasteiger partial charge in [-0.15, -0.1) is 11.3 Å². The highest BCUT2D eigenvalue weighted by molar-refractivity contribution is 7.20. The zero-order valence-corrected chi connectivity index (χ0v) is 11.6.